The molecule has 1 saturated carbocycles. The van der Waals surface area contributed by atoms with Gasteiger partial charge in [0.05, 0.1) is 0 Å². The summed E-state index contributed by atoms with van der Waals surface area (Å²) in [6.45, 7) is 6.77. The van der Waals surface area contributed by atoms with Gasteiger partial charge >= 0.3 is 0 Å². The van der Waals surface area contributed by atoms with Gasteiger partial charge < -0.3 is 10.5 Å². The van der Waals surface area contributed by atoms with Crippen LogP contribution >= 0.6 is 0 Å². The third kappa shape index (κ3) is 4.96. The predicted molar refractivity (Wildman–Crippen MR) is 64.0 cm³/mol. The molecule has 0 bridgehead atoms. The Bertz CT molecular complexity index is 147. The average molecular weight is 214 g/mol. The number of ether oxygens (including phenoxy) is 1. The van der Waals surface area contributed by atoms with Crippen LogP contribution in [0.3, 0.4) is 0 Å². The topological polar surface area (TPSA) is 38.5 Å². The zero-order valence-corrected chi connectivity index (χ0v) is 10.1. The Kier molecular flexibility index (Phi) is 6.98. The minimum atomic E-state index is 0.783. The monoisotopic (exact) mass is 214 g/mol. The highest BCUT2D eigenvalue weighted by atomic mass is 16.5. The number of rotatable bonds is 8. The summed E-state index contributed by atoms with van der Waals surface area (Å²) < 4.78 is 5.37. The minimum absolute atomic E-state index is 0.783. The van der Waals surface area contributed by atoms with Crippen molar-refractivity contribution in [1.82, 2.24) is 4.90 Å². The molecule has 1 rings (SSSR count). The van der Waals surface area contributed by atoms with Crippen molar-refractivity contribution in [3.8, 4) is 0 Å². The van der Waals surface area contributed by atoms with Crippen molar-refractivity contribution in [3.05, 3.63) is 0 Å². The van der Waals surface area contributed by atoms with Crippen LogP contribution in [0.25, 0.3) is 0 Å². The van der Waals surface area contributed by atoms with E-state index in [1.54, 1.807) is 0 Å². The highest BCUT2D eigenvalue weighted by molar-refractivity contribution is 4.77. The summed E-state index contributed by atoms with van der Waals surface area (Å²) in [7, 11) is 0. The van der Waals surface area contributed by atoms with Crippen molar-refractivity contribution in [2.45, 2.75) is 45.1 Å². The van der Waals surface area contributed by atoms with Crippen LogP contribution in [0.15, 0.2) is 0 Å². The molecule has 0 aliphatic heterocycles. The van der Waals surface area contributed by atoms with Crippen molar-refractivity contribution in [2.75, 3.05) is 32.8 Å². The van der Waals surface area contributed by atoms with E-state index in [0.29, 0.717) is 0 Å². The first-order valence-electron chi connectivity index (χ1n) is 6.40. The maximum atomic E-state index is 5.65. The van der Waals surface area contributed by atoms with E-state index in [-0.39, 0.29) is 0 Å². The van der Waals surface area contributed by atoms with Crippen molar-refractivity contribution in [2.24, 2.45) is 5.73 Å². The highest BCUT2D eigenvalue weighted by Gasteiger charge is 2.21. The Hall–Kier alpha value is -0.120. The van der Waals surface area contributed by atoms with Gasteiger partial charge in [0, 0.05) is 38.9 Å². The molecule has 0 aromatic rings. The van der Waals surface area contributed by atoms with Gasteiger partial charge in [-0.3, -0.25) is 4.90 Å². The van der Waals surface area contributed by atoms with Crippen LogP contribution in [0.5, 0.6) is 0 Å². The van der Waals surface area contributed by atoms with E-state index in [4.69, 9.17) is 10.5 Å². The molecule has 0 aromatic carbocycles. The second-order valence-electron chi connectivity index (χ2n) is 4.31. The SMILES string of the molecule is CCOCCCN(CCN)C1CCCC1. The Morgan fingerprint density at radius 1 is 1.27 bits per heavy atom. The number of nitrogens with two attached hydrogens (primary N) is 1. The molecule has 2 N–H and O–H groups in total. The summed E-state index contributed by atoms with van der Waals surface area (Å²) in [6.07, 6.45) is 6.68. The molecule has 15 heavy (non-hydrogen) atoms. The summed E-state index contributed by atoms with van der Waals surface area (Å²) in [6, 6.07) is 0.801. The van der Waals surface area contributed by atoms with Crippen LogP contribution in [-0.4, -0.2) is 43.8 Å². The second-order valence-corrected chi connectivity index (χ2v) is 4.31. The van der Waals surface area contributed by atoms with E-state index in [2.05, 4.69) is 11.8 Å². The van der Waals surface area contributed by atoms with Gasteiger partial charge in [-0.2, -0.15) is 0 Å². The maximum absolute atomic E-state index is 5.65. The summed E-state index contributed by atoms with van der Waals surface area (Å²) in [5, 5.41) is 0. The molecular weight excluding hydrogens is 188 g/mol. The first kappa shape index (κ1) is 12.9. The van der Waals surface area contributed by atoms with E-state index in [9.17, 15) is 0 Å². The van der Waals surface area contributed by atoms with Gasteiger partial charge in [0.15, 0.2) is 0 Å². The summed E-state index contributed by atoms with van der Waals surface area (Å²) in [5.74, 6) is 0. The highest BCUT2D eigenvalue weighted by Crippen LogP contribution is 2.23. The first-order valence-corrected chi connectivity index (χ1v) is 6.40. The Labute approximate surface area is 94.0 Å². The largest absolute Gasteiger partial charge is 0.382 e. The van der Waals surface area contributed by atoms with Crippen molar-refractivity contribution in [1.29, 1.82) is 0 Å². The molecular formula is C12H26N2O. The van der Waals surface area contributed by atoms with Crippen molar-refractivity contribution < 1.29 is 4.74 Å². The lowest BCUT2D eigenvalue weighted by molar-refractivity contribution is 0.122. The quantitative estimate of drug-likeness (QED) is 0.624. The maximum Gasteiger partial charge on any atom is 0.0478 e. The molecule has 0 amide bonds. The average Bonchev–Trinajstić information content (AvgIpc) is 2.76. The Balaban J connectivity index is 2.17. The number of hydrogen-bond donors (Lipinski definition) is 1. The molecule has 1 aliphatic carbocycles. The molecule has 0 heterocycles. The van der Waals surface area contributed by atoms with E-state index < -0.39 is 0 Å². The van der Waals surface area contributed by atoms with Gasteiger partial charge in [0.25, 0.3) is 0 Å². The minimum Gasteiger partial charge on any atom is -0.382 e. The molecule has 3 nitrogen and oxygen atoms in total. The molecule has 0 spiro atoms. The van der Waals surface area contributed by atoms with E-state index in [1.807, 2.05) is 0 Å². The molecule has 3 heteroatoms. The predicted octanol–water partition coefficient (Wildman–Crippen LogP) is 1.62. The Morgan fingerprint density at radius 3 is 2.60 bits per heavy atom. The summed E-state index contributed by atoms with van der Waals surface area (Å²) in [4.78, 5) is 2.56. The van der Waals surface area contributed by atoms with Crippen LogP contribution in [0.2, 0.25) is 0 Å². The molecule has 1 aliphatic rings. The summed E-state index contributed by atoms with van der Waals surface area (Å²) in [5.41, 5.74) is 5.65. The van der Waals surface area contributed by atoms with Crippen LogP contribution in [0.4, 0.5) is 0 Å². The number of nitrogens with zero attached hydrogens (tertiary/aromatic N) is 1. The number of hydrogen-bond acceptors (Lipinski definition) is 3. The lowest BCUT2D eigenvalue weighted by Crippen LogP contribution is -2.38. The van der Waals surface area contributed by atoms with E-state index in [1.165, 1.54) is 25.7 Å². The van der Waals surface area contributed by atoms with Crippen LogP contribution in [0.1, 0.15) is 39.0 Å². The van der Waals surface area contributed by atoms with Gasteiger partial charge in [0.2, 0.25) is 0 Å². The van der Waals surface area contributed by atoms with Crippen molar-refractivity contribution >= 4 is 0 Å². The van der Waals surface area contributed by atoms with Crippen LogP contribution in [0, 0.1) is 0 Å². The molecule has 0 radical (unpaired) electrons. The molecule has 0 aromatic heterocycles. The molecule has 0 atom stereocenters. The normalized spacial score (nSPS) is 17.8. The fraction of sp³-hybridized carbons (Fsp3) is 1.00. The lowest BCUT2D eigenvalue weighted by Gasteiger charge is -2.28. The molecule has 90 valence electrons. The molecule has 1 fully saturated rings. The third-order valence-corrected chi connectivity index (χ3v) is 3.20. The van der Waals surface area contributed by atoms with Gasteiger partial charge in [-0.05, 0) is 26.2 Å². The smallest absolute Gasteiger partial charge is 0.0478 e. The fourth-order valence-electron chi connectivity index (χ4n) is 2.43. The second kappa shape index (κ2) is 8.08. The van der Waals surface area contributed by atoms with Crippen LogP contribution < -0.4 is 5.73 Å². The van der Waals surface area contributed by atoms with Crippen molar-refractivity contribution in [3.63, 3.8) is 0 Å². The summed E-state index contributed by atoms with van der Waals surface area (Å²) >= 11 is 0. The van der Waals surface area contributed by atoms with Gasteiger partial charge in [-0.15, -0.1) is 0 Å². The first-order chi connectivity index (χ1) is 7.38. The molecule has 0 saturated heterocycles. The Morgan fingerprint density at radius 2 is 2.00 bits per heavy atom. The van der Waals surface area contributed by atoms with E-state index >= 15 is 0 Å². The fourth-order valence-corrected chi connectivity index (χ4v) is 2.43. The lowest BCUT2D eigenvalue weighted by atomic mass is 10.2. The van der Waals surface area contributed by atoms with Gasteiger partial charge in [0.1, 0.15) is 0 Å². The standard InChI is InChI=1S/C12H26N2O/c1-2-15-11-5-9-14(10-8-13)12-6-3-4-7-12/h12H,2-11,13H2,1H3. The zero-order valence-electron chi connectivity index (χ0n) is 10.1. The third-order valence-electron chi connectivity index (χ3n) is 3.20. The van der Waals surface area contributed by atoms with Gasteiger partial charge in [-0.25, -0.2) is 0 Å². The van der Waals surface area contributed by atoms with E-state index in [0.717, 1.165) is 45.3 Å². The van der Waals surface area contributed by atoms with Gasteiger partial charge in [-0.1, -0.05) is 12.8 Å². The molecule has 0 unspecified atom stereocenters. The van der Waals surface area contributed by atoms with Crippen LogP contribution in [-0.2, 0) is 4.74 Å². The zero-order chi connectivity index (χ0) is 10.9.